The minimum absolute atomic E-state index is 0.159. The molecule has 1 aromatic carbocycles. The van der Waals surface area contributed by atoms with Crippen LogP contribution in [-0.2, 0) is 9.59 Å². The van der Waals surface area contributed by atoms with Crippen molar-refractivity contribution in [2.24, 2.45) is 5.92 Å². The number of likely N-dealkylation sites (tertiary alicyclic amines) is 1. The van der Waals surface area contributed by atoms with E-state index in [1.54, 1.807) is 4.90 Å². The quantitative estimate of drug-likeness (QED) is 0.774. The molecule has 158 valence electrons. The molecule has 5 nitrogen and oxygen atoms in total. The van der Waals surface area contributed by atoms with Gasteiger partial charge in [-0.2, -0.15) is 0 Å². The molecule has 0 unspecified atom stereocenters. The molecule has 2 aliphatic heterocycles. The largest absolute Gasteiger partial charge is 0.487 e. The van der Waals surface area contributed by atoms with Gasteiger partial charge in [0.25, 0.3) is 0 Å². The molecule has 2 amide bonds. The Morgan fingerprint density at radius 3 is 2.48 bits per heavy atom. The molecule has 1 saturated heterocycles. The number of amides is 2. The third kappa shape index (κ3) is 4.29. The zero-order valence-corrected chi connectivity index (χ0v) is 17.9. The number of para-hydroxylation sites is 1. The second-order valence-electron chi connectivity index (χ2n) is 9.38. The number of ether oxygens (including phenoxy) is 1. The minimum Gasteiger partial charge on any atom is -0.487 e. The van der Waals surface area contributed by atoms with Gasteiger partial charge in [-0.25, -0.2) is 0 Å². The molecule has 1 saturated carbocycles. The van der Waals surface area contributed by atoms with Crippen LogP contribution in [0.1, 0.15) is 69.3 Å². The maximum atomic E-state index is 12.9. The van der Waals surface area contributed by atoms with E-state index < -0.39 is 0 Å². The summed E-state index contributed by atoms with van der Waals surface area (Å²) in [6.45, 7) is 1.54. The van der Waals surface area contributed by atoms with E-state index in [0.717, 1.165) is 56.5 Å². The van der Waals surface area contributed by atoms with Gasteiger partial charge in [0.1, 0.15) is 11.4 Å². The summed E-state index contributed by atoms with van der Waals surface area (Å²) in [5.41, 5.74) is 0.892. The average molecular weight is 399 g/mol. The lowest BCUT2D eigenvalue weighted by molar-refractivity contribution is -0.140. The van der Waals surface area contributed by atoms with Crippen LogP contribution in [0, 0.1) is 5.92 Å². The van der Waals surface area contributed by atoms with Crippen molar-refractivity contribution in [3.8, 4) is 5.75 Å². The van der Waals surface area contributed by atoms with Gasteiger partial charge in [-0.3, -0.25) is 9.59 Å². The topological polar surface area (TPSA) is 49.9 Å². The van der Waals surface area contributed by atoms with E-state index in [1.807, 2.05) is 32.3 Å². The van der Waals surface area contributed by atoms with Gasteiger partial charge in [-0.05, 0) is 30.9 Å². The summed E-state index contributed by atoms with van der Waals surface area (Å²) in [6.07, 6.45) is 8.84. The first-order valence-electron chi connectivity index (χ1n) is 11.2. The Hall–Kier alpha value is -2.04. The van der Waals surface area contributed by atoms with Gasteiger partial charge in [0.15, 0.2) is 0 Å². The van der Waals surface area contributed by atoms with Crippen molar-refractivity contribution in [1.82, 2.24) is 9.80 Å². The normalized spacial score (nSPS) is 23.9. The third-order valence-electron chi connectivity index (χ3n) is 7.16. The molecule has 1 atom stereocenters. The number of carbonyl (C=O) groups is 2. The number of benzene rings is 1. The highest BCUT2D eigenvalue weighted by Gasteiger charge is 2.44. The molecule has 4 rings (SSSR count). The predicted molar refractivity (Wildman–Crippen MR) is 113 cm³/mol. The summed E-state index contributed by atoms with van der Waals surface area (Å²) in [7, 11) is 3.64. The Morgan fingerprint density at radius 2 is 1.79 bits per heavy atom. The second-order valence-corrected chi connectivity index (χ2v) is 9.38. The van der Waals surface area contributed by atoms with Crippen LogP contribution in [-0.4, -0.2) is 54.4 Å². The minimum atomic E-state index is -0.255. The smallest absolute Gasteiger partial charge is 0.225 e. The van der Waals surface area contributed by atoms with E-state index in [-0.39, 0.29) is 23.3 Å². The van der Waals surface area contributed by atoms with Crippen molar-refractivity contribution >= 4 is 11.8 Å². The standard InChI is InChI=1S/C24H34N2O3/c1-25(2)22(27)16-19-17-24(29-21-11-7-6-10-20(19)21)12-14-26(15-13-24)23(28)18-8-4-3-5-9-18/h6-7,10-11,18-19H,3-5,8-9,12-17H2,1-2H3/t19-/m0/s1. The van der Waals surface area contributed by atoms with E-state index in [4.69, 9.17) is 4.74 Å². The zero-order valence-electron chi connectivity index (χ0n) is 17.9. The number of hydrogen-bond donors (Lipinski definition) is 0. The van der Waals surface area contributed by atoms with Crippen molar-refractivity contribution in [2.75, 3.05) is 27.2 Å². The first-order chi connectivity index (χ1) is 14.0. The maximum Gasteiger partial charge on any atom is 0.225 e. The number of fused-ring (bicyclic) bond motifs is 1. The zero-order chi connectivity index (χ0) is 20.4. The van der Waals surface area contributed by atoms with Crippen LogP contribution in [0.25, 0.3) is 0 Å². The lowest BCUT2D eigenvalue weighted by atomic mass is 9.76. The highest BCUT2D eigenvalue weighted by atomic mass is 16.5. The van der Waals surface area contributed by atoms with Crippen LogP contribution < -0.4 is 4.74 Å². The van der Waals surface area contributed by atoms with Crippen molar-refractivity contribution in [3.05, 3.63) is 29.8 Å². The Labute approximate surface area is 174 Å². The summed E-state index contributed by atoms with van der Waals surface area (Å²) >= 11 is 0. The lowest BCUT2D eigenvalue weighted by Crippen LogP contribution is -2.53. The van der Waals surface area contributed by atoms with Gasteiger partial charge in [-0.1, -0.05) is 37.5 Å². The van der Waals surface area contributed by atoms with Gasteiger partial charge in [0.2, 0.25) is 11.8 Å². The molecule has 0 N–H and O–H groups in total. The number of nitrogens with zero attached hydrogens (tertiary/aromatic N) is 2. The van der Waals surface area contributed by atoms with Gasteiger partial charge < -0.3 is 14.5 Å². The molecule has 3 aliphatic rings. The van der Waals surface area contributed by atoms with E-state index in [2.05, 4.69) is 11.0 Å². The summed E-state index contributed by atoms with van der Waals surface area (Å²) in [5.74, 6) is 1.84. The molecule has 1 aliphatic carbocycles. The monoisotopic (exact) mass is 398 g/mol. The summed E-state index contributed by atoms with van der Waals surface area (Å²) in [6, 6.07) is 8.16. The molecular weight excluding hydrogens is 364 g/mol. The number of piperidine rings is 1. The maximum absolute atomic E-state index is 12.9. The van der Waals surface area contributed by atoms with Crippen LogP contribution in [0.15, 0.2) is 24.3 Å². The average Bonchev–Trinajstić information content (AvgIpc) is 2.74. The predicted octanol–water partition coefficient (Wildman–Crippen LogP) is 3.97. The summed E-state index contributed by atoms with van der Waals surface area (Å²) < 4.78 is 6.54. The van der Waals surface area contributed by atoms with Crippen molar-refractivity contribution < 1.29 is 14.3 Å². The number of carbonyl (C=O) groups excluding carboxylic acids is 2. The van der Waals surface area contributed by atoms with Crippen LogP contribution in [0.4, 0.5) is 0 Å². The van der Waals surface area contributed by atoms with Crippen molar-refractivity contribution in [1.29, 1.82) is 0 Å². The van der Waals surface area contributed by atoms with E-state index in [9.17, 15) is 9.59 Å². The molecule has 1 aromatic rings. The Balaban J connectivity index is 1.46. The Morgan fingerprint density at radius 1 is 1.10 bits per heavy atom. The van der Waals surface area contributed by atoms with Crippen LogP contribution in [0.5, 0.6) is 5.75 Å². The van der Waals surface area contributed by atoms with Gasteiger partial charge in [-0.15, -0.1) is 0 Å². The fourth-order valence-corrected chi connectivity index (χ4v) is 5.37. The van der Waals surface area contributed by atoms with E-state index in [0.29, 0.717) is 12.3 Å². The fraction of sp³-hybridized carbons (Fsp3) is 0.667. The molecule has 29 heavy (non-hydrogen) atoms. The van der Waals surface area contributed by atoms with Crippen LogP contribution in [0.2, 0.25) is 0 Å². The number of rotatable bonds is 3. The first kappa shape index (κ1) is 20.2. The number of hydrogen-bond acceptors (Lipinski definition) is 3. The van der Waals surface area contributed by atoms with Gasteiger partial charge >= 0.3 is 0 Å². The first-order valence-corrected chi connectivity index (χ1v) is 11.2. The van der Waals surface area contributed by atoms with Crippen LogP contribution in [0.3, 0.4) is 0 Å². The van der Waals surface area contributed by atoms with Crippen LogP contribution >= 0.6 is 0 Å². The lowest BCUT2D eigenvalue weighted by Gasteiger charge is -2.47. The molecule has 5 heteroatoms. The summed E-state index contributed by atoms with van der Waals surface area (Å²) in [4.78, 5) is 29.1. The molecule has 2 heterocycles. The fourth-order valence-electron chi connectivity index (χ4n) is 5.37. The SMILES string of the molecule is CN(C)C(=O)C[C@H]1CC2(CCN(C(=O)C3CCCCC3)CC2)Oc2ccccc21. The molecule has 2 fully saturated rings. The highest BCUT2D eigenvalue weighted by Crippen LogP contribution is 2.46. The molecular formula is C24H34N2O3. The Kier molecular flexibility index (Phi) is 5.84. The molecule has 1 spiro atoms. The third-order valence-corrected chi connectivity index (χ3v) is 7.16. The molecule has 0 radical (unpaired) electrons. The van der Waals surface area contributed by atoms with Crippen molar-refractivity contribution in [2.45, 2.75) is 69.3 Å². The second kappa shape index (κ2) is 8.37. The van der Waals surface area contributed by atoms with Gasteiger partial charge in [0.05, 0.1) is 0 Å². The highest BCUT2D eigenvalue weighted by molar-refractivity contribution is 5.79. The molecule has 0 bridgehead atoms. The summed E-state index contributed by atoms with van der Waals surface area (Å²) in [5, 5.41) is 0. The van der Waals surface area contributed by atoms with E-state index in [1.165, 1.54) is 19.3 Å². The van der Waals surface area contributed by atoms with Crippen molar-refractivity contribution in [3.63, 3.8) is 0 Å². The Bertz CT molecular complexity index is 746. The van der Waals surface area contributed by atoms with Gasteiger partial charge in [0, 0.05) is 58.3 Å². The van der Waals surface area contributed by atoms with E-state index >= 15 is 0 Å². The molecule has 0 aromatic heterocycles.